The van der Waals surface area contributed by atoms with E-state index in [1.165, 1.54) is 4.31 Å². The summed E-state index contributed by atoms with van der Waals surface area (Å²) < 4.78 is 31.9. The maximum atomic E-state index is 12.7. The lowest BCUT2D eigenvalue weighted by molar-refractivity contribution is 0.138. The summed E-state index contributed by atoms with van der Waals surface area (Å²) in [6, 6.07) is 10.4. The molecule has 0 atom stereocenters. The van der Waals surface area contributed by atoms with Gasteiger partial charge in [0.05, 0.1) is 11.5 Å². The van der Waals surface area contributed by atoms with E-state index >= 15 is 0 Å². The van der Waals surface area contributed by atoms with Gasteiger partial charge in [0, 0.05) is 31.3 Å². The first-order chi connectivity index (χ1) is 9.96. The molecule has 6 heteroatoms. The Balaban J connectivity index is 2.40. The van der Waals surface area contributed by atoms with Gasteiger partial charge in [-0.05, 0) is 30.5 Å². The number of ether oxygens (including phenoxy) is 1. The predicted octanol–water partition coefficient (Wildman–Crippen LogP) is 2.08. The van der Waals surface area contributed by atoms with Crippen molar-refractivity contribution in [1.29, 1.82) is 0 Å². The average molecular weight is 308 g/mol. The summed E-state index contributed by atoms with van der Waals surface area (Å²) in [7, 11) is -1.99. The number of nitrogens with two attached hydrogens (primary N) is 1. The van der Waals surface area contributed by atoms with E-state index in [1.54, 1.807) is 37.4 Å². The SMILES string of the molecule is CCOCCN(C)S(=O)(=O)c1cccc2cc(N)ccc12. The van der Waals surface area contributed by atoms with Crippen molar-refractivity contribution in [2.45, 2.75) is 11.8 Å². The number of nitrogen functional groups attached to an aromatic ring is 1. The highest BCUT2D eigenvalue weighted by Gasteiger charge is 2.22. The molecule has 0 spiro atoms. The fourth-order valence-corrected chi connectivity index (χ4v) is 3.49. The lowest BCUT2D eigenvalue weighted by Gasteiger charge is -2.18. The van der Waals surface area contributed by atoms with Gasteiger partial charge in [0.25, 0.3) is 0 Å². The minimum absolute atomic E-state index is 0.291. The van der Waals surface area contributed by atoms with Crippen LogP contribution in [0.5, 0.6) is 0 Å². The Morgan fingerprint density at radius 3 is 2.71 bits per heavy atom. The second-order valence-electron chi connectivity index (χ2n) is 4.76. The number of hydrogen-bond donors (Lipinski definition) is 1. The summed E-state index contributed by atoms with van der Waals surface area (Å²) in [5, 5.41) is 1.49. The normalized spacial score (nSPS) is 12.1. The lowest BCUT2D eigenvalue weighted by atomic mass is 10.1. The smallest absolute Gasteiger partial charge is 0.243 e. The Morgan fingerprint density at radius 2 is 2.00 bits per heavy atom. The van der Waals surface area contributed by atoms with E-state index in [2.05, 4.69) is 0 Å². The van der Waals surface area contributed by atoms with Gasteiger partial charge >= 0.3 is 0 Å². The van der Waals surface area contributed by atoms with Crippen molar-refractivity contribution >= 4 is 26.5 Å². The zero-order valence-electron chi connectivity index (χ0n) is 12.2. The van der Waals surface area contributed by atoms with Crippen molar-refractivity contribution in [3.8, 4) is 0 Å². The number of anilines is 1. The van der Waals surface area contributed by atoms with Crippen molar-refractivity contribution in [2.24, 2.45) is 0 Å². The van der Waals surface area contributed by atoms with Crippen molar-refractivity contribution in [1.82, 2.24) is 4.31 Å². The molecular weight excluding hydrogens is 288 g/mol. The molecule has 0 fully saturated rings. The summed E-state index contributed by atoms with van der Waals surface area (Å²) in [5.74, 6) is 0. The van der Waals surface area contributed by atoms with Gasteiger partial charge in [0.15, 0.2) is 0 Å². The summed E-state index contributed by atoms with van der Waals surface area (Å²) in [5.41, 5.74) is 6.36. The van der Waals surface area contributed by atoms with Crippen LogP contribution in [0.15, 0.2) is 41.3 Å². The van der Waals surface area contributed by atoms with Gasteiger partial charge in [-0.15, -0.1) is 0 Å². The number of hydrogen-bond acceptors (Lipinski definition) is 4. The van der Waals surface area contributed by atoms with Crippen LogP contribution >= 0.6 is 0 Å². The maximum absolute atomic E-state index is 12.7. The highest BCUT2D eigenvalue weighted by atomic mass is 32.2. The number of rotatable bonds is 6. The third-order valence-electron chi connectivity index (χ3n) is 3.31. The largest absolute Gasteiger partial charge is 0.399 e. The summed E-state index contributed by atoms with van der Waals surface area (Å²) >= 11 is 0. The van der Waals surface area contributed by atoms with Gasteiger partial charge in [0.2, 0.25) is 10.0 Å². The van der Waals surface area contributed by atoms with Crippen molar-refractivity contribution < 1.29 is 13.2 Å². The van der Waals surface area contributed by atoms with Crippen molar-refractivity contribution in [3.63, 3.8) is 0 Å². The monoisotopic (exact) mass is 308 g/mol. The molecule has 0 heterocycles. The zero-order chi connectivity index (χ0) is 15.5. The van der Waals surface area contributed by atoms with E-state index in [-0.39, 0.29) is 0 Å². The molecule has 5 nitrogen and oxygen atoms in total. The van der Waals surface area contributed by atoms with Crippen LogP contribution in [0.25, 0.3) is 10.8 Å². The van der Waals surface area contributed by atoms with Crippen molar-refractivity contribution in [3.05, 3.63) is 36.4 Å². The van der Waals surface area contributed by atoms with Crippen LogP contribution in [-0.2, 0) is 14.8 Å². The predicted molar refractivity (Wildman–Crippen MR) is 84.7 cm³/mol. The van der Waals surface area contributed by atoms with Gasteiger partial charge < -0.3 is 10.5 Å². The summed E-state index contributed by atoms with van der Waals surface area (Å²) in [6.45, 7) is 3.15. The molecule has 0 aliphatic rings. The molecule has 0 saturated heterocycles. The molecular formula is C15H20N2O3S. The van der Waals surface area contributed by atoms with E-state index in [0.29, 0.717) is 35.7 Å². The number of sulfonamides is 1. The molecule has 0 amide bonds. The van der Waals surface area contributed by atoms with E-state index < -0.39 is 10.0 Å². The first-order valence-corrected chi connectivity index (χ1v) is 8.23. The van der Waals surface area contributed by atoms with Crippen LogP contribution in [0, 0.1) is 0 Å². The first-order valence-electron chi connectivity index (χ1n) is 6.79. The Kier molecular flexibility index (Phi) is 4.82. The summed E-state index contributed by atoms with van der Waals surface area (Å²) in [6.07, 6.45) is 0. The molecule has 114 valence electrons. The van der Waals surface area contributed by atoms with Crippen LogP contribution in [0.1, 0.15) is 6.92 Å². The molecule has 2 N–H and O–H groups in total. The topological polar surface area (TPSA) is 72.6 Å². The van der Waals surface area contributed by atoms with Crippen LogP contribution in [0.4, 0.5) is 5.69 Å². The Hall–Kier alpha value is -1.63. The molecule has 0 aromatic heterocycles. The molecule has 2 aromatic rings. The molecule has 0 aliphatic carbocycles. The molecule has 0 saturated carbocycles. The Morgan fingerprint density at radius 1 is 1.24 bits per heavy atom. The van der Waals surface area contributed by atoms with Gasteiger partial charge in [-0.25, -0.2) is 8.42 Å². The minimum Gasteiger partial charge on any atom is -0.399 e. The van der Waals surface area contributed by atoms with Gasteiger partial charge in [-0.1, -0.05) is 18.2 Å². The van der Waals surface area contributed by atoms with Crippen LogP contribution in [0.2, 0.25) is 0 Å². The fourth-order valence-electron chi connectivity index (χ4n) is 2.12. The quantitative estimate of drug-likeness (QED) is 0.655. The number of benzene rings is 2. The minimum atomic E-state index is -3.55. The van der Waals surface area contributed by atoms with E-state index in [4.69, 9.17) is 10.5 Å². The third-order valence-corrected chi connectivity index (χ3v) is 5.22. The summed E-state index contributed by atoms with van der Waals surface area (Å²) in [4.78, 5) is 0.291. The maximum Gasteiger partial charge on any atom is 0.243 e. The third kappa shape index (κ3) is 3.34. The number of fused-ring (bicyclic) bond motifs is 1. The molecule has 2 aromatic carbocycles. The standard InChI is InChI=1S/C15H20N2O3S/c1-3-20-10-9-17(2)21(18,19)15-6-4-5-12-11-13(16)7-8-14(12)15/h4-8,11H,3,9-10,16H2,1-2H3. The number of nitrogens with zero attached hydrogens (tertiary/aromatic N) is 1. The lowest BCUT2D eigenvalue weighted by Crippen LogP contribution is -2.30. The van der Waals surface area contributed by atoms with Crippen molar-refractivity contribution in [2.75, 3.05) is 32.5 Å². The fraction of sp³-hybridized carbons (Fsp3) is 0.333. The molecule has 0 aliphatic heterocycles. The molecule has 0 bridgehead atoms. The molecule has 0 unspecified atom stereocenters. The second-order valence-corrected chi connectivity index (χ2v) is 6.77. The van der Waals surface area contributed by atoms with Gasteiger partial charge in [-0.2, -0.15) is 4.31 Å². The molecule has 2 rings (SSSR count). The highest BCUT2D eigenvalue weighted by Crippen LogP contribution is 2.26. The average Bonchev–Trinajstić information content (AvgIpc) is 2.46. The van der Waals surface area contributed by atoms with Crippen LogP contribution in [0.3, 0.4) is 0 Å². The van der Waals surface area contributed by atoms with E-state index in [0.717, 1.165) is 5.39 Å². The Bertz CT molecular complexity index is 729. The van der Waals surface area contributed by atoms with Crippen LogP contribution < -0.4 is 5.73 Å². The highest BCUT2D eigenvalue weighted by molar-refractivity contribution is 7.89. The Labute approximate surface area is 125 Å². The van der Waals surface area contributed by atoms with Gasteiger partial charge in [0.1, 0.15) is 0 Å². The number of likely N-dealkylation sites (N-methyl/N-ethyl adjacent to an activating group) is 1. The molecule has 0 radical (unpaired) electrons. The van der Waals surface area contributed by atoms with Gasteiger partial charge in [-0.3, -0.25) is 0 Å². The first kappa shape index (κ1) is 15.8. The zero-order valence-corrected chi connectivity index (χ0v) is 13.1. The van der Waals surface area contributed by atoms with E-state index in [1.807, 2.05) is 13.0 Å². The molecule has 21 heavy (non-hydrogen) atoms. The van der Waals surface area contributed by atoms with E-state index in [9.17, 15) is 8.42 Å². The second kappa shape index (κ2) is 6.43. The van der Waals surface area contributed by atoms with Crippen LogP contribution in [-0.4, -0.2) is 39.5 Å².